The van der Waals surface area contributed by atoms with Crippen LogP contribution in [-0.4, -0.2) is 36.0 Å². The summed E-state index contributed by atoms with van der Waals surface area (Å²) in [5.41, 5.74) is -0.337. The standard InChI is InChI=1S/C14H15N2O5.Y/c1-3-20-12(17)9-11(14(19)21-4-2)16-13(18)10-7-5-6-8-15-10;/h5-8H,3-4H2,1-2H3,(H,16,18);/q-1;. The average molecular weight is 380 g/mol. The molecule has 1 amide bonds. The summed E-state index contributed by atoms with van der Waals surface area (Å²) in [6.07, 6.45) is 3.55. The first-order valence-corrected chi connectivity index (χ1v) is 6.28. The van der Waals surface area contributed by atoms with E-state index in [1.54, 1.807) is 26.0 Å². The number of carbonyl (C=O) groups excluding carboxylic acids is 3. The Bertz CT molecular complexity index is 545. The Morgan fingerprint density at radius 3 is 2.41 bits per heavy atom. The fraction of sp³-hybridized carbons (Fsp3) is 0.286. The Morgan fingerprint density at radius 1 is 1.18 bits per heavy atom. The molecule has 22 heavy (non-hydrogen) atoms. The van der Waals surface area contributed by atoms with Crippen LogP contribution in [0.4, 0.5) is 0 Å². The molecule has 1 heterocycles. The molecule has 0 aromatic carbocycles. The zero-order chi connectivity index (χ0) is 15.7. The number of carbonyl (C=O) groups is 3. The summed E-state index contributed by atoms with van der Waals surface area (Å²) in [6, 6.07) is 4.72. The van der Waals surface area contributed by atoms with Crippen molar-refractivity contribution in [3.05, 3.63) is 41.9 Å². The van der Waals surface area contributed by atoms with Crippen LogP contribution < -0.4 is 5.32 Å². The molecule has 0 bridgehead atoms. The predicted octanol–water partition coefficient (Wildman–Crippen LogP) is 0.622. The van der Waals surface area contributed by atoms with Crippen LogP contribution in [-0.2, 0) is 51.8 Å². The monoisotopic (exact) mass is 380 g/mol. The van der Waals surface area contributed by atoms with Gasteiger partial charge in [0.25, 0.3) is 5.91 Å². The largest absolute Gasteiger partial charge is 0.546 e. The van der Waals surface area contributed by atoms with Crippen LogP contribution >= 0.6 is 0 Å². The third-order valence-electron chi connectivity index (χ3n) is 2.12. The number of pyridine rings is 1. The second-order valence-corrected chi connectivity index (χ2v) is 3.61. The number of nitrogens with zero attached hydrogens (tertiary/aromatic N) is 1. The van der Waals surface area contributed by atoms with Crippen molar-refractivity contribution in [1.29, 1.82) is 0 Å². The SMILES string of the molecule is CCOC(=O)[C-]=C(NC(=O)c1ccccn1)C(=O)OCC.[Y]. The van der Waals surface area contributed by atoms with Gasteiger partial charge in [-0.15, -0.1) is 6.08 Å². The Kier molecular flexibility index (Phi) is 10.2. The van der Waals surface area contributed by atoms with Gasteiger partial charge < -0.3 is 19.6 Å². The molecule has 1 radical (unpaired) electrons. The van der Waals surface area contributed by atoms with E-state index in [1.807, 2.05) is 0 Å². The second-order valence-electron chi connectivity index (χ2n) is 3.61. The zero-order valence-electron chi connectivity index (χ0n) is 12.3. The predicted molar refractivity (Wildman–Crippen MR) is 71.7 cm³/mol. The van der Waals surface area contributed by atoms with E-state index in [1.165, 1.54) is 12.3 Å². The van der Waals surface area contributed by atoms with Gasteiger partial charge in [-0.05, 0) is 31.7 Å². The van der Waals surface area contributed by atoms with E-state index < -0.39 is 23.5 Å². The molecule has 0 aliphatic carbocycles. The molecule has 1 rings (SSSR count). The molecule has 115 valence electrons. The molecule has 8 heteroatoms. The molecule has 0 aliphatic rings. The van der Waals surface area contributed by atoms with E-state index in [9.17, 15) is 14.4 Å². The van der Waals surface area contributed by atoms with Crippen molar-refractivity contribution in [1.82, 2.24) is 10.3 Å². The van der Waals surface area contributed by atoms with E-state index >= 15 is 0 Å². The topological polar surface area (TPSA) is 94.6 Å². The Morgan fingerprint density at radius 2 is 1.86 bits per heavy atom. The van der Waals surface area contributed by atoms with E-state index in [2.05, 4.69) is 21.1 Å². The van der Waals surface area contributed by atoms with Crippen LogP contribution in [0.25, 0.3) is 0 Å². The normalized spacial score (nSPS) is 10.2. The van der Waals surface area contributed by atoms with Crippen molar-refractivity contribution in [3.63, 3.8) is 0 Å². The van der Waals surface area contributed by atoms with Gasteiger partial charge in [0.05, 0.1) is 13.2 Å². The Hall–Kier alpha value is -1.60. The van der Waals surface area contributed by atoms with Crippen LogP contribution in [0.15, 0.2) is 30.1 Å². The van der Waals surface area contributed by atoms with E-state index in [0.29, 0.717) is 0 Å². The molecule has 0 atom stereocenters. The molecular formula is C14H15N2O5Y-. The maximum Gasteiger partial charge on any atom is 0.271 e. The molecular weight excluding hydrogens is 365 g/mol. The minimum absolute atomic E-state index is 0. The molecule has 1 N–H and O–H groups in total. The molecule has 0 spiro atoms. The van der Waals surface area contributed by atoms with Gasteiger partial charge in [-0.3, -0.25) is 14.6 Å². The number of nitrogens with one attached hydrogen (secondary N) is 1. The van der Waals surface area contributed by atoms with Crippen molar-refractivity contribution in [2.45, 2.75) is 13.8 Å². The number of ether oxygens (including phenoxy) is 2. The quantitative estimate of drug-likeness (QED) is 0.442. The van der Waals surface area contributed by atoms with E-state index in [0.717, 1.165) is 0 Å². The number of rotatable bonds is 6. The first kappa shape index (κ1) is 20.4. The molecule has 0 saturated carbocycles. The number of hydrogen-bond acceptors (Lipinski definition) is 6. The average Bonchev–Trinajstić information content (AvgIpc) is 2.48. The van der Waals surface area contributed by atoms with Crippen LogP contribution in [0.2, 0.25) is 0 Å². The number of amides is 1. The third-order valence-corrected chi connectivity index (χ3v) is 2.12. The maximum atomic E-state index is 11.9. The van der Waals surface area contributed by atoms with Crippen molar-refractivity contribution in [2.24, 2.45) is 0 Å². The first-order chi connectivity index (χ1) is 10.1. The first-order valence-electron chi connectivity index (χ1n) is 6.28. The minimum Gasteiger partial charge on any atom is -0.546 e. The summed E-state index contributed by atoms with van der Waals surface area (Å²) >= 11 is 0. The molecule has 0 saturated heterocycles. The number of esters is 2. The van der Waals surface area contributed by atoms with Crippen molar-refractivity contribution in [2.75, 3.05) is 13.2 Å². The summed E-state index contributed by atoms with van der Waals surface area (Å²) < 4.78 is 9.38. The summed E-state index contributed by atoms with van der Waals surface area (Å²) in [6.45, 7) is 3.42. The Labute approximate surface area is 153 Å². The summed E-state index contributed by atoms with van der Waals surface area (Å²) in [5.74, 6) is -2.41. The van der Waals surface area contributed by atoms with Gasteiger partial charge in [0, 0.05) is 38.9 Å². The zero-order valence-corrected chi connectivity index (χ0v) is 15.1. The fourth-order valence-corrected chi connectivity index (χ4v) is 1.28. The van der Waals surface area contributed by atoms with Crippen LogP contribution in [0.1, 0.15) is 24.3 Å². The second kappa shape index (κ2) is 11.0. The molecule has 7 nitrogen and oxygen atoms in total. The van der Waals surface area contributed by atoms with Gasteiger partial charge in [-0.25, -0.2) is 0 Å². The fourth-order valence-electron chi connectivity index (χ4n) is 1.28. The molecule has 0 fully saturated rings. The van der Waals surface area contributed by atoms with Crippen molar-refractivity contribution in [3.8, 4) is 0 Å². The molecule has 0 unspecified atom stereocenters. The van der Waals surface area contributed by atoms with E-state index in [-0.39, 0.29) is 51.6 Å². The van der Waals surface area contributed by atoms with Crippen molar-refractivity contribution >= 4 is 17.8 Å². The maximum absolute atomic E-state index is 11.9. The van der Waals surface area contributed by atoms with Gasteiger partial charge in [-0.2, -0.15) is 0 Å². The molecule has 0 aliphatic heterocycles. The van der Waals surface area contributed by atoms with Gasteiger partial charge in [0.1, 0.15) is 5.69 Å². The van der Waals surface area contributed by atoms with Gasteiger partial charge in [-0.1, -0.05) is 6.07 Å². The Balaban J connectivity index is 0.00000441. The smallest absolute Gasteiger partial charge is 0.271 e. The van der Waals surface area contributed by atoms with Crippen molar-refractivity contribution < 1.29 is 56.6 Å². The van der Waals surface area contributed by atoms with Gasteiger partial charge in [0.15, 0.2) is 5.97 Å². The van der Waals surface area contributed by atoms with Gasteiger partial charge in [0.2, 0.25) is 5.97 Å². The number of hydrogen-bond donors (Lipinski definition) is 1. The van der Waals surface area contributed by atoms with Crippen LogP contribution in [0.3, 0.4) is 0 Å². The van der Waals surface area contributed by atoms with Crippen LogP contribution in [0, 0.1) is 6.08 Å². The summed E-state index contributed by atoms with van der Waals surface area (Å²) in [4.78, 5) is 38.8. The summed E-state index contributed by atoms with van der Waals surface area (Å²) in [5, 5.41) is 2.24. The molecule has 1 aromatic heterocycles. The number of aromatic nitrogens is 1. The van der Waals surface area contributed by atoms with Gasteiger partial charge >= 0.3 is 0 Å². The minimum atomic E-state index is -0.880. The summed E-state index contributed by atoms with van der Waals surface area (Å²) in [7, 11) is 0. The van der Waals surface area contributed by atoms with E-state index in [4.69, 9.17) is 4.74 Å². The third kappa shape index (κ3) is 6.91. The molecule has 1 aromatic rings. The van der Waals surface area contributed by atoms with Crippen LogP contribution in [0.5, 0.6) is 0 Å².